The Morgan fingerprint density at radius 2 is 1.82 bits per heavy atom. The largest absolute Gasteiger partial charge is 0.480 e. The number of fused-ring (bicyclic) bond motifs is 1. The Morgan fingerprint density at radius 1 is 1.11 bits per heavy atom. The maximum Gasteiger partial charge on any atom is 0.317 e. The molecule has 3 atom stereocenters. The molecule has 7 nitrogen and oxygen atoms in total. The van der Waals surface area contributed by atoms with Gasteiger partial charge in [-0.15, -0.1) is 0 Å². The number of carboxylic acids is 1. The fraction of sp³-hybridized carbons (Fsp3) is 0.429. The van der Waals surface area contributed by atoms with E-state index in [0.29, 0.717) is 31.0 Å². The number of aromatic nitrogens is 2. The number of rotatable bonds is 4. The van der Waals surface area contributed by atoms with Crippen molar-refractivity contribution >= 4 is 11.9 Å². The van der Waals surface area contributed by atoms with Crippen LogP contribution in [-0.4, -0.2) is 62.9 Å². The minimum atomic E-state index is -0.808. The van der Waals surface area contributed by atoms with Crippen LogP contribution in [0.1, 0.15) is 33.4 Å². The van der Waals surface area contributed by atoms with Crippen LogP contribution in [0.4, 0.5) is 0 Å². The zero-order valence-electron chi connectivity index (χ0n) is 16.1. The summed E-state index contributed by atoms with van der Waals surface area (Å²) in [5, 5.41) is 9.16. The SMILES string of the molecule is Cc1ncc(C(=O)N2C[C@@H]3CN(CC(=O)O)C[C@@H]3[C@H]2c2ccccc2C)cn1. The van der Waals surface area contributed by atoms with Crippen LogP contribution in [0.25, 0.3) is 0 Å². The van der Waals surface area contributed by atoms with E-state index in [-0.39, 0.29) is 30.3 Å². The van der Waals surface area contributed by atoms with Gasteiger partial charge in [-0.25, -0.2) is 9.97 Å². The van der Waals surface area contributed by atoms with Gasteiger partial charge in [-0.1, -0.05) is 24.3 Å². The van der Waals surface area contributed by atoms with Gasteiger partial charge in [0.15, 0.2) is 0 Å². The number of hydrogen-bond donors (Lipinski definition) is 1. The van der Waals surface area contributed by atoms with Gasteiger partial charge in [0.25, 0.3) is 5.91 Å². The van der Waals surface area contributed by atoms with E-state index in [4.69, 9.17) is 5.11 Å². The van der Waals surface area contributed by atoms with Gasteiger partial charge in [-0.05, 0) is 30.9 Å². The van der Waals surface area contributed by atoms with Gasteiger partial charge in [0.1, 0.15) is 5.82 Å². The number of likely N-dealkylation sites (tertiary alicyclic amines) is 2. The summed E-state index contributed by atoms with van der Waals surface area (Å²) in [6, 6.07) is 8.06. The van der Waals surface area contributed by atoms with Gasteiger partial charge in [0.05, 0.1) is 18.2 Å². The Hall–Kier alpha value is -2.80. The third-order valence-corrected chi connectivity index (χ3v) is 5.89. The van der Waals surface area contributed by atoms with Crippen LogP contribution < -0.4 is 0 Å². The molecule has 2 aliphatic heterocycles. The number of carboxylic acid groups (broad SMARTS) is 1. The van der Waals surface area contributed by atoms with Gasteiger partial charge >= 0.3 is 5.97 Å². The van der Waals surface area contributed by atoms with Gasteiger partial charge < -0.3 is 10.0 Å². The first-order valence-corrected chi connectivity index (χ1v) is 9.53. The molecular weight excluding hydrogens is 356 g/mol. The first-order valence-electron chi connectivity index (χ1n) is 9.53. The molecule has 2 aromatic rings. The molecule has 0 bridgehead atoms. The first kappa shape index (κ1) is 18.6. The van der Waals surface area contributed by atoms with E-state index < -0.39 is 5.97 Å². The molecule has 28 heavy (non-hydrogen) atoms. The molecular formula is C21H24N4O3. The fourth-order valence-electron chi connectivity index (χ4n) is 4.65. The number of carbonyl (C=O) groups excluding carboxylic acids is 1. The number of aryl methyl sites for hydroxylation is 2. The topological polar surface area (TPSA) is 86.6 Å². The predicted molar refractivity (Wildman–Crippen MR) is 103 cm³/mol. The maximum atomic E-state index is 13.3. The third kappa shape index (κ3) is 3.38. The standard InChI is InChI=1S/C21H24N4O3/c1-13-5-3-4-6-17(13)20-18-11-24(12-19(26)27)9-16(18)10-25(20)21(28)15-7-22-14(2)23-8-15/h3-8,16,18,20H,9-12H2,1-2H3,(H,26,27)/t16-,18-,20+/m0/s1. The zero-order valence-corrected chi connectivity index (χ0v) is 16.1. The number of carbonyl (C=O) groups is 2. The Bertz CT molecular complexity index is 899. The lowest BCUT2D eigenvalue weighted by Gasteiger charge is -2.30. The van der Waals surface area contributed by atoms with Gasteiger partial charge in [-0.3, -0.25) is 14.5 Å². The summed E-state index contributed by atoms with van der Waals surface area (Å²) >= 11 is 0. The van der Waals surface area contributed by atoms with Crippen molar-refractivity contribution in [3.63, 3.8) is 0 Å². The molecule has 2 aliphatic rings. The maximum absolute atomic E-state index is 13.3. The van der Waals surface area contributed by atoms with Crippen molar-refractivity contribution in [2.24, 2.45) is 11.8 Å². The van der Waals surface area contributed by atoms with E-state index in [9.17, 15) is 9.59 Å². The Labute approximate surface area is 164 Å². The van der Waals surface area contributed by atoms with Crippen molar-refractivity contribution < 1.29 is 14.7 Å². The number of benzene rings is 1. The van der Waals surface area contributed by atoms with Gasteiger partial charge in [0.2, 0.25) is 0 Å². The van der Waals surface area contributed by atoms with Crippen molar-refractivity contribution in [2.75, 3.05) is 26.2 Å². The second-order valence-electron chi connectivity index (χ2n) is 7.79. The molecule has 0 radical (unpaired) electrons. The average molecular weight is 380 g/mol. The Balaban J connectivity index is 1.67. The molecule has 3 heterocycles. The molecule has 2 saturated heterocycles. The van der Waals surface area contributed by atoms with Crippen LogP contribution in [-0.2, 0) is 4.79 Å². The number of amides is 1. The molecule has 1 N–H and O–H groups in total. The highest BCUT2D eigenvalue weighted by molar-refractivity contribution is 5.94. The van der Waals surface area contributed by atoms with Crippen molar-refractivity contribution in [3.8, 4) is 0 Å². The zero-order chi connectivity index (χ0) is 19.8. The minimum absolute atomic E-state index is 0.0488. The summed E-state index contributed by atoms with van der Waals surface area (Å²) in [7, 11) is 0. The Morgan fingerprint density at radius 3 is 2.50 bits per heavy atom. The van der Waals surface area contributed by atoms with Crippen molar-refractivity contribution in [2.45, 2.75) is 19.9 Å². The van der Waals surface area contributed by atoms with E-state index in [1.807, 2.05) is 21.9 Å². The summed E-state index contributed by atoms with van der Waals surface area (Å²) in [4.78, 5) is 36.7. The van der Waals surface area contributed by atoms with E-state index in [2.05, 4.69) is 29.0 Å². The molecule has 7 heteroatoms. The molecule has 0 saturated carbocycles. The van der Waals surface area contributed by atoms with E-state index in [1.165, 1.54) is 0 Å². The predicted octanol–water partition coefficient (Wildman–Crippen LogP) is 1.92. The lowest BCUT2D eigenvalue weighted by atomic mass is 9.87. The smallest absolute Gasteiger partial charge is 0.317 e. The lowest BCUT2D eigenvalue weighted by Crippen LogP contribution is -2.37. The normalized spacial score (nSPS) is 24.4. The second kappa shape index (κ2) is 7.31. The molecule has 1 aromatic heterocycles. The second-order valence-corrected chi connectivity index (χ2v) is 7.79. The fourth-order valence-corrected chi connectivity index (χ4v) is 4.65. The van der Waals surface area contributed by atoms with Crippen LogP contribution in [0.3, 0.4) is 0 Å². The molecule has 1 amide bonds. The van der Waals surface area contributed by atoms with Crippen molar-refractivity contribution in [3.05, 3.63) is 59.2 Å². The molecule has 2 fully saturated rings. The quantitative estimate of drug-likeness (QED) is 0.872. The molecule has 4 rings (SSSR count). The van der Waals surface area contributed by atoms with Gasteiger partial charge in [-0.2, -0.15) is 0 Å². The number of hydrogen-bond acceptors (Lipinski definition) is 5. The highest BCUT2D eigenvalue weighted by atomic mass is 16.4. The minimum Gasteiger partial charge on any atom is -0.480 e. The molecule has 0 aliphatic carbocycles. The summed E-state index contributed by atoms with van der Waals surface area (Å²) < 4.78 is 0. The average Bonchev–Trinajstić information content (AvgIpc) is 3.19. The Kier molecular flexibility index (Phi) is 4.85. The van der Waals surface area contributed by atoms with Crippen LogP contribution in [0.15, 0.2) is 36.7 Å². The number of aliphatic carboxylic acids is 1. The molecule has 1 aromatic carbocycles. The third-order valence-electron chi connectivity index (χ3n) is 5.89. The highest BCUT2D eigenvalue weighted by Crippen LogP contribution is 2.46. The van der Waals surface area contributed by atoms with Gasteiger partial charge in [0, 0.05) is 37.9 Å². The lowest BCUT2D eigenvalue weighted by molar-refractivity contribution is -0.138. The van der Waals surface area contributed by atoms with E-state index in [0.717, 1.165) is 11.1 Å². The van der Waals surface area contributed by atoms with Crippen molar-refractivity contribution in [1.82, 2.24) is 19.8 Å². The van der Waals surface area contributed by atoms with E-state index >= 15 is 0 Å². The van der Waals surface area contributed by atoms with Crippen LogP contribution in [0.5, 0.6) is 0 Å². The monoisotopic (exact) mass is 380 g/mol. The van der Waals surface area contributed by atoms with Crippen LogP contribution >= 0.6 is 0 Å². The molecule has 0 unspecified atom stereocenters. The first-order chi connectivity index (χ1) is 13.4. The van der Waals surface area contributed by atoms with E-state index in [1.54, 1.807) is 19.3 Å². The molecule has 146 valence electrons. The summed E-state index contributed by atoms with van der Waals surface area (Å²) in [5.74, 6) is 0.245. The van der Waals surface area contributed by atoms with Crippen molar-refractivity contribution in [1.29, 1.82) is 0 Å². The highest BCUT2D eigenvalue weighted by Gasteiger charge is 2.49. The van der Waals surface area contributed by atoms with Crippen LogP contribution in [0.2, 0.25) is 0 Å². The summed E-state index contributed by atoms with van der Waals surface area (Å²) in [6.45, 7) is 5.91. The van der Waals surface area contributed by atoms with Crippen LogP contribution in [0, 0.1) is 25.7 Å². The summed E-state index contributed by atoms with van der Waals surface area (Å²) in [5.41, 5.74) is 2.77. The summed E-state index contributed by atoms with van der Waals surface area (Å²) in [6.07, 6.45) is 3.18. The molecule has 0 spiro atoms. The number of nitrogens with zero attached hydrogens (tertiary/aromatic N) is 4.